The molecule has 21 heavy (non-hydrogen) atoms. The van der Waals surface area contributed by atoms with Crippen LogP contribution in [0.1, 0.15) is 31.2 Å². The molecule has 2 saturated heterocycles. The van der Waals surface area contributed by atoms with E-state index in [0.717, 1.165) is 43.9 Å². The van der Waals surface area contributed by atoms with Gasteiger partial charge < -0.3 is 10.4 Å². The Kier molecular flexibility index (Phi) is 5.17. The van der Waals surface area contributed by atoms with E-state index in [1.807, 2.05) is 12.1 Å². The molecule has 2 aliphatic heterocycles. The van der Waals surface area contributed by atoms with E-state index >= 15 is 0 Å². The Balaban J connectivity index is 1.58. The molecule has 0 saturated carbocycles. The molecule has 0 amide bonds. The third kappa shape index (κ3) is 3.98. The Labute approximate surface area is 132 Å². The van der Waals surface area contributed by atoms with Gasteiger partial charge in [-0.15, -0.1) is 0 Å². The van der Waals surface area contributed by atoms with Crippen LogP contribution in [-0.2, 0) is 6.42 Å². The number of halogens is 1. The zero-order chi connectivity index (χ0) is 14.7. The predicted octanol–water partition coefficient (Wildman–Crippen LogP) is 2.46. The third-order valence-corrected chi connectivity index (χ3v) is 5.14. The summed E-state index contributed by atoms with van der Waals surface area (Å²) in [5.41, 5.74) is 1.34. The number of nitrogens with zero attached hydrogens (tertiary/aromatic N) is 1. The molecule has 0 bridgehead atoms. The molecule has 0 unspecified atom stereocenters. The SMILES string of the molecule is O[C@@H]1C[C@H](CCc2ccc(Cl)cc2)N(C2CCNCC2)C1. The Morgan fingerprint density at radius 2 is 1.90 bits per heavy atom. The largest absolute Gasteiger partial charge is 0.392 e. The van der Waals surface area contributed by atoms with Crippen LogP contribution in [0.15, 0.2) is 24.3 Å². The summed E-state index contributed by atoms with van der Waals surface area (Å²) in [7, 11) is 0. The maximum Gasteiger partial charge on any atom is 0.0682 e. The van der Waals surface area contributed by atoms with Gasteiger partial charge in [-0.25, -0.2) is 0 Å². The number of piperidine rings is 1. The zero-order valence-electron chi connectivity index (χ0n) is 12.5. The second-order valence-electron chi connectivity index (χ2n) is 6.39. The van der Waals surface area contributed by atoms with Crippen LogP contribution in [0.4, 0.5) is 0 Å². The minimum absolute atomic E-state index is 0.143. The van der Waals surface area contributed by atoms with Gasteiger partial charge in [0, 0.05) is 23.7 Å². The van der Waals surface area contributed by atoms with Crippen LogP contribution in [0.5, 0.6) is 0 Å². The highest BCUT2D eigenvalue weighted by atomic mass is 35.5. The Hall–Kier alpha value is -0.610. The first-order valence-corrected chi connectivity index (χ1v) is 8.49. The van der Waals surface area contributed by atoms with Gasteiger partial charge in [0.25, 0.3) is 0 Å². The van der Waals surface area contributed by atoms with Crippen molar-refractivity contribution in [2.24, 2.45) is 0 Å². The molecule has 0 aromatic heterocycles. The second kappa shape index (κ2) is 7.10. The van der Waals surface area contributed by atoms with Gasteiger partial charge in [0.1, 0.15) is 0 Å². The highest BCUT2D eigenvalue weighted by molar-refractivity contribution is 6.30. The summed E-state index contributed by atoms with van der Waals surface area (Å²) in [5.74, 6) is 0. The summed E-state index contributed by atoms with van der Waals surface area (Å²) < 4.78 is 0. The van der Waals surface area contributed by atoms with Crippen LogP contribution >= 0.6 is 11.6 Å². The van der Waals surface area contributed by atoms with Crippen molar-refractivity contribution in [3.63, 3.8) is 0 Å². The molecule has 4 heteroatoms. The number of hydrogen-bond donors (Lipinski definition) is 2. The molecular weight excluding hydrogens is 284 g/mol. The van der Waals surface area contributed by atoms with E-state index in [9.17, 15) is 5.11 Å². The molecule has 0 aliphatic carbocycles. The number of benzene rings is 1. The smallest absolute Gasteiger partial charge is 0.0682 e. The fraction of sp³-hybridized carbons (Fsp3) is 0.647. The average molecular weight is 309 g/mol. The van der Waals surface area contributed by atoms with Crippen molar-refractivity contribution >= 4 is 11.6 Å². The summed E-state index contributed by atoms with van der Waals surface area (Å²) in [5, 5.41) is 14.3. The molecule has 2 fully saturated rings. The number of aryl methyl sites for hydroxylation is 1. The first-order valence-electron chi connectivity index (χ1n) is 8.11. The molecule has 1 aromatic rings. The van der Waals surface area contributed by atoms with Gasteiger partial charge in [0.15, 0.2) is 0 Å². The van der Waals surface area contributed by atoms with E-state index in [2.05, 4.69) is 22.3 Å². The normalized spacial score (nSPS) is 28.1. The maximum absolute atomic E-state index is 10.1. The van der Waals surface area contributed by atoms with Gasteiger partial charge in [-0.1, -0.05) is 23.7 Å². The Bertz CT molecular complexity index is 445. The van der Waals surface area contributed by atoms with Crippen LogP contribution in [0, 0.1) is 0 Å². The third-order valence-electron chi connectivity index (χ3n) is 4.89. The van der Waals surface area contributed by atoms with E-state index in [1.54, 1.807) is 0 Å². The average Bonchev–Trinajstić information content (AvgIpc) is 2.89. The van der Waals surface area contributed by atoms with Gasteiger partial charge in [0.2, 0.25) is 0 Å². The summed E-state index contributed by atoms with van der Waals surface area (Å²) in [6.45, 7) is 3.08. The lowest BCUT2D eigenvalue weighted by Gasteiger charge is -2.35. The van der Waals surface area contributed by atoms with E-state index in [4.69, 9.17) is 11.6 Å². The monoisotopic (exact) mass is 308 g/mol. The standard InChI is InChI=1S/C17H25ClN2O/c18-14-4-1-13(2-5-14)3-6-16-11-17(21)12-20(16)15-7-9-19-10-8-15/h1-2,4-5,15-17,19,21H,3,6-12H2/t16-,17+/m0/s1. The van der Waals surface area contributed by atoms with Crippen LogP contribution in [0.2, 0.25) is 5.02 Å². The molecule has 0 spiro atoms. The van der Waals surface area contributed by atoms with E-state index in [1.165, 1.54) is 18.4 Å². The Morgan fingerprint density at radius 1 is 1.19 bits per heavy atom. The predicted molar refractivity (Wildman–Crippen MR) is 86.8 cm³/mol. The van der Waals surface area contributed by atoms with Crippen molar-refractivity contribution < 1.29 is 5.11 Å². The van der Waals surface area contributed by atoms with Gasteiger partial charge in [-0.3, -0.25) is 4.90 Å². The maximum atomic E-state index is 10.1. The van der Waals surface area contributed by atoms with Gasteiger partial charge in [-0.05, 0) is 62.9 Å². The molecule has 3 nitrogen and oxygen atoms in total. The highest BCUT2D eigenvalue weighted by Crippen LogP contribution is 2.27. The van der Waals surface area contributed by atoms with E-state index in [0.29, 0.717) is 12.1 Å². The summed E-state index contributed by atoms with van der Waals surface area (Å²) in [6.07, 6.45) is 5.40. The molecule has 2 atom stereocenters. The molecule has 116 valence electrons. The number of β-amino-alcohol motifs (C(OH)–C–C–N with tert-alkyl or cyclic N) is 1. The summed E-state index contributed by atoms with van der Waals surface area (Å²) in [6, 6.07) is 9.33. The molecule has 1 aromatic carbocycles. The van der Waals surface area contributed by atoms with Gasteiger partial charge in [0.05, 0.1) is 6.10 Å². The quantitative estimate of drug-likeness (QED) is 0.897. The fourth-order valence-corrected chi connectivity index (χ4v) is 3.90. The lowest BCUT2D eigenvalue weighted by molar-refractivity contribution is 0.124. The fourth-order valence-electron chi connectivity index (χ4n) is 3.77. The first-order chi connectivity index (χ1) is 10.2. The van der Waals surface area contributed by atoms with Crippen molar-refractivity contribution in [3.8, 4) is 0 Å². The topological polar surface area (TPSA) is 35.5 Å². The molecular formula is C17H25ClN2O. The molecule has 3 rings (SSSR count). The number of likely N-dealkylation sites (tertiary alicyclic amines) is 1. The number of nitrogens with one attached hydrogen (secondary N) is 1. The molecule has 2 N–H and O–H groups in total. The lowest BCUT2D eigenvalue weighted by atomic mass is 9.99. The van der Waals surface area contributed by atoms with Crippen LogP contribution in [0.25, 0.3) is 0 Å². The van der Waals surface area contributed by atoms with Crippen molar-refractivity contribution in [1.82, 2.24) is 10.2 Å². The minimum atomic E-state index is -0.143. The van der Waals surface area contributed by atoms with Crippen molar-refractivity contribution in [2.45, 2.75) is 50.3 Å². The summed E-state index contributed by atoms with van der Waals surface area (Å²) in [4.78, 5) is 2.57. The van der Waals surface area contributed by atoms with Crippen molar-refractivity contribution in [3.05, 3.63) is 34.9 Å². The Morgan fingerprint density at radius 3 is 2.62 bits per heavy atom. The second-order valence-corrected chi connectivity index (χ2v) is 6.82. The number of aliphatic hydroxyl groups excluding tert-OH is 1. The van der Waals surface area contributed by atoms with E-state index in [-0.39, 0.29) is 6.10 Å². The van der Waals surface area contributed by atoms with Crippen LogP contribution in [0.3, 0.4) is 0 Å². The molecule has 2 heterocycles. The van der Waals surface area contributed by atoms with Crippen LogP contribution < -0.4 is 5.32 Å². The number of rotatable bonds is 4. The van der Waals surface area contributed by atoms with E-state index < -0.39 is 0 Å². The molecule has 0 radical (unpaired) electrons. The summed E-state index contributed by atoms with van der Waals surface area (Å²) >= 11 is 5.94. The minimum Gasteiger partial charge on any atom is -0.392 e. The molecule has 2 aliphatic rings. The first kappa shape index (κ1) is 15.3. The van der Waals surface area contributed by atoms with Crippen LogP contribution in [-0.4, -0.2) is 47.8 Å². The number of hydrogen-bond acceptors (Lipinski definition) is 3. The highest BCUT2D eigenvalue weighted by Gasteiger charge is 2.35. The van der Waals surface area contributed by atoms with Crippen molar-refractivity contribution in [1.29, 1.82) is 0 Å². The number of aliphatic hydroxyl groups is 1. The van der Waals surface area contributed by atoms with Gasteiger partial charge >= 0.3 is 0 Å². The zero-order valence-corrected chi connectivity index (χ0v) is 13.2. The van der Waals surface area contributed by atoms with Crippen molar-refractivity contribution in [2.75, 3.05) is 19.6 Å². The lowest BCUT2D eigenvalue weighted by Crippen LogP contribution is -2.45. The van der Waals surface area contributed by atoms with Gasteiger partial charge in [-0.2, -0.15) is 0 Å².